The Morgan fingerprint density at radius 2 is 1.54 bits per heavy atom. The number of para-hydroxylation sites is 1. The van der Waals surface area contributed by atoms with Crippen LogP contribution in [0.3, 0.4) is 0 Å². The second-order valence-corrected chi connectivity index (χ2v) is 8.57. The quantitative estimate of drug-likeness (QED) is 0.130. The monoisotopic (exact) mass is 518 g/mol. The molecule has 0 spiro atoms. The highest BCUT2D eigenvalue weighted by molar-refractivity contribution is 5.94. The van der Waals surface area contributed by atoms with E-state index < -0.39 is 54.2 Å². The summed E-state index contributed by atoms with van der Waals surface area (Å²) >= 11 is 0. The summed E-state index contributed by atoms with van der Waals surface area (Å²) in [7, 11) is 0. The van der Waals surface area contributed by atoms with Gasteiger partial charge in [0.1, 0.15) is 18.1 Å². The Labute approximate surface area is 213 Å². The van der Waals surface area contributed by atoms with Crippen molar-refractivity contribution in [2.24, 2.45) is 11.5 Å². The molecule has 13 nitrogen and oxygen atoms in total. The Morgan fingerprint density at radius 1 is 0.865 bits per heavy atom. The van der Waals surface area contributed by atoms with Crippen LogP contribution in [0.4, 0.5) is 0 Å². The minimum atomic E-state index is -1.35. The number of carboxylic acid groups (broad SMARTS) is 2. The van der Waals surface area contributed by atoms with Crippen molar-refractivity contribution in [3.8, 4) is 0 Å². The van der Waals surface area contributed by atoms with E-state index in [0.29, 0.717) is 19.4 Å². The number of aliphatic carboxylic acids is 2. The Hall–Kier alpha value is -3.97. The molecule has 1 heterocycles. The number of amides is 3. The van der Waals surface area contributed by atoms with Crippen LogP contribution < -0.4 is 27.4 Å². The normalized spacial score (nSPS) is 13.4. The van der Waals surface area contributed by atoms with E-state index in [1.807, 2.05) is 24.3 Å². The molecule has 0 fully saturated rings. The third-order valence-electron chi connectivity index (χ3n) is 5.78. The lowest BCUT2D eigenvalue weighted by Crippen LogP contribution is -2.56. The lowest BCUT2D eigenvalue weighted by Gasteiger charge is -2.24. The van der Waals surface area contributed by atoms with Crippen molar-refractivity contribution in [1.29, 1.82) is 0 Å². The van der Waals surface area contributed by atoms with Gasteiger partial charge < -0.3 is 42.6 Å². The number of carboxylic acids is 2. The van der Waals surface area contributed by atoms with E-state index in [4.69, 9.17) is 16.6 Å². The number of carbonyl (C=O) groups excluding carboxylic acids is 3. The van der Waals surface area contributed by atoms with E-state index in [1.54, 1.807) is 6.20 Å². The van der Waals surface area contributed by atoms with E-state index in [-0.39, 0.29) is 25.8 Å². The number of nitrogens with two attached hydrogens (primary N) is 2. The standard InChI is InChI=1S/C24H34N6O7/c25-10-4-3-7-18(24(36)37)30-22(34)17(8-9-21(32)33)29-23(35)19(28-20(31)12-26)11-14-13-27-16-6-2-1-5-15(14)16/h1-2,5-6,13,17-19,27H,3-4,7-12,25-26H2,(H,28,31)(H,29,35)(H,30,34)(H,32,33)(H,36,37). The molecule has 13 heteroatoms. The number of fused-ring (bicyclic) bond motifs is 1. The van der Waals surface area contributed by atoms with Gasteiger partial charge in [-0.05, 0) is 43.9 Å². The first kappa shape index (κ1) is 29.3. The van der Waals surface area contributed by atoms with Crippen molar-refractivity contribution in [1.82, 2.24) is 20.9 Å². The second kappa shape index (κ2) is 14.6. The largest absolute Gasteiger partial charge is 0.481 e. The molecule has 0 radical (unpaired) electrons. The summed E-state index contributed by atoms with van der Waals surface area (Å²) in [5.74, 6) is -4.64. The minimum Gasteiger partial charge on any atom is -0.481 e. The number of nitrogens with one attached hydrogen (secondary N) is 4. The number of hydrogen-bond acceptors (Lipinski definition) is 7. The predicted octanol–water partition coefficient (Wildman–Crippen LogP) is -0.798. The topological polar surface area (TPSA) is 230 Å². The third-order valence-corrected chi connectivity index (χ3v) is 5.78. The number of hydrogen-bond donors (Lipinski definition) is 8. The molecule has 0 aliphatic heterocycles. The fourth-order valence-electron chi connectivity index (χ4n) is 3.81. The molecular formula is C24H34N6O7. The van der Waals surface area contributed by atoms with Crippen molar-refractivity contribution in [2.45, 2.75) is 56.7 Å². The molecule has 10 N–H and O–H groups in total. The third kappa shape index (κ3) is 9.20. The van der Waals surface area contributed by atoms with Crippen LogP contribution in [0.15, 0.2) is 30.5 Å². The van der Waals surface area contributed by atoms with Crippen LogP contribution in [-0.4, -0.2) is 76.1 Å². The Morgan fingerprint density at radius 3 is 2.19 bits per heavy atom. The maximum absolute atomic E-state index is 13.2. The Balaban J connectivity index is 2.22. The highest BCUT2D eigenvalue weighted by Crippen LogP contribution is 2.19. The molecule has 0 saturated heterocycles. The van der Waals surface area contributed by atoms with Crippen molar-refractivity contribution < 1.29 is 34.2 Å². The summed E-state index contributed by atoms with van der Waals surface area (Å²) in [4.78, 5) is 64.0. The molecule has 0 bridgehead atoms. The highest BCUT2D eigenvalue weighted by Gasteiger charge is 2.30. The molecule has 1 aromatic carbocycles. The van der Waals surface area contributed by atoms with Crippen molar-refractivity contribution in [3.05, 3.63) is 36.0 Å². The molecule has 3 atom stereocenters. The summed E-state index contributed by atoms with van der Waals surface area (Å²) in [5, 5.41) is 26.8. The maximum atomic E-state index is 13.2. The fraction of sp³-hybridized carbons (Fsp3) is 0.458. The van der Waals surface area contributed by atoms with E-state index in [9.17, 15) is 29.1 Å². The van der Waals surface area contributed by atoms with Crippen LogP contribution in [0.2, 0.25) is 0 Å². The van der Waals surface area contributed by atoms with Crippen LogP contribution in [-0.2, 0) is 30.4 Å². The number of rotatable bonds is 16. The molecule has 0 aliphatic carbocycles. The lowest BCUT2D eigenvalue weighted by atomic mass is 10.0. The molecule has 0 saturated carbocycles. The SMILES string of the molecule is NCCCCC(NC(=O)C(CCC(=O)O)NC(=O)C(Cc1c[nH]c2ccccc12)NC(=O)CN)C(=O)O. The lowest BCUT2D eigenvalue weighted by molar-refractivity contribution is -0.143. The molecule has 2 aromatic rings. The van der Waals surface area contributed by atoms with Crippen LogP contribution >= 0.6 is 0 Å². The van der Waals surface area contributed by atoms with Gasteiger partial charge in [0.15, 0.2) is 0 Å². The molecule has 0 aliphatic rings. The molecule has 1 aromatic heterocycles. The first-order chi connectivity index (χ1) is 17.7. The van der Waals surface area contributed by atoms with Gasteiger partial charge >= 0.3 is 11.9 Å². The van der Waals surface area contributed by atoms with Gasteiger partial charge in [0.2, 0.25) is 17.7 Å². The van der Waals surface area contributed by atoms with E-state index in [1.165, 1.54) is 0 Å². The summed E-state index contributed by atoms with van der Waals surface area (Å²) in [5.41, 5.74) is 12.4. The minimum absolute atomic E-state index is 0.0612. The smallest absolute Gasteiger partial charge is 0.326 e. The second-order valence-electron chi connectivity index (χ2n) is 8.57. The number of carbonyl (C=O) groups is 5. The number of aromatic nitrogens is 1. The highest BCUT2D eigenvalue weighted by atomic mass is 16.4. The van der Waals surface area contributed by atoms with Crippen molar-refractivity contribution >= 4 is 40.6 Å². The van der Waals surface area contributed by atoms with E-state index in [2.05, 4.69) is 20.9 Å². The molecule has 3 unspecified atom stereocenters. The Kier molecular flexibility index (Phi) is 11.5. The summed E-state index contributed by atoms with van der Waals surface area (Å²) < 4.78 is 0. The number of H-pyrrole nitrogens is 1. The van der Waals surface area contributed by atoms with Gasteiger partial charge in [0, 0.05) is 29.9 Å². The van der Waals surface area contributed by atoms with Crippen molar-refractivity contribution in [2.75, 3.05) is 13.1 Å². The zero-order valence-corrected chi connectivity index (χ0v) is 20.4. The number of unbranched alkanes of at least 4 members (excludes halogenated alkanes) is 1. The van der Waals surface area contributed by atoms with E-state index in [0.717, 1.165) is 16.5 Å². The summed E-state index contributed by atoms with van der Waals surface area (Å²) in [6.45, 7) is -0.00635. The zero-order chi connectivity index (χ0) is 27.4. The summed E-state index contributed by atoms with van der Waals surface area (Å²) in [6, 6.07) is 3.66. The first-order valence-electron chi connectivity index (χ1n) is 12.0. The predicted molar refractivity (Wildman–Crippen MR) is 134 cm³/mol. The number of aromatic amines is 1. The van der Waals surface area contributed by atoms with Crippen LogP contribution in [0, 0.1) is 0 Å². The van der Waals surface area contributed by atoms with Crippen LogP contribution in [0.5, 0.6) is 0 Å². The van der Waals surface area contributed by atoms with Gasteiger partial charge in [0.05, 0.1) is 6.54 Å². The average molecular weight is 519 g/mol. The molecular weight excluding hydrogens is 484 g/mol. The first-order valence-corrected chi connectivity index (χ1v) is 12.0. The zero-order valence-electron chi connectivity index (χ0n) is 20.4. The van der Waals surface area contributed by atoms with Crippen molar-refractivity contribution in [3.63, 3.8) is 0 Å². The van der Waals surface area contributed by atoms with Gasteiger partial charge in [0.25, 0.3) is 0 Å². The fourth-order valence-corrected chi connectivity index (χ4v) is 3.81. The van der Waals surface area contributed by atoms with Gasteiger partial charge in [-0.25, -0.2) is 4.79 Å². The van der Waals surface area contributed by atoms with Gasteiger partial charge in [-0.3, -0.25) is 19.2 Å². The van der Waals surface area contributed by atoms with Gasteiger partial charge in [-0.2, -0.15) is 0 Å². The molecule has 2 rings (SSSR count). The van der Waals surface area contributed by atoms with E-state index >= 15 is 0 Å². The molecule has 202 valence electrons. The van der Waals surface area contributed by atoms with Gasteiger partial charge in [-0.1, -0.05) is 18.2 Å². The molecule has 3 amide bonds. The number of benzene rings is 1. The maximum Gasteiger partial charge on any atom is 0.326 e. The summed E-state index contributed by atoms with van der Waals surface area (Å²) in [6.07, 6.45) is 2.16. The average Bonchev–Trinajstić information content (AvgIpc) is 3.27. The van der Waals surface area contributed by atoms with Gasteiger partial charge in [-0.15, -0.1) is 0 Å². The van der Waals surface area contributed by atoms with Crippen LogP contribution in [0.1, 0.15) is 37.7 Å². The Bertz CT molecular complexity index is 1100. The molecule has 37 heavy (non-hydrogen) atoms. The van der Waals surface area contributed by atoms with Crippen LogP contribution in [0.25, 0.3) is 10.9 Å².